The molecule has 0 spiro atoms. The number of benzene rings is 2. The fourth-order valence-electron chi connectivity index (χ4n) is 3.15. The van der Waals surface area contributed by atoms with Crippen LogP contribution in [0.4, 0.5) is 11.4 Å². The molecule has 2 aromatic rings. The first-order valence-corrected chi connectivity index (χ1v) is 10.8. The highest BCUT2D eigenvalue weighted by Crippen LogP contribution is 2.40. The van der Waals surface area contributed by atoms with Gasteiger partial charge in [0.05, 0.1) is 47.3 Å². The fraction of sp³-hybridized carbons (Fsp3) is 0.333. The number of carbonyl (C=O) groups excluding carboxylic acids is 2. The van der Waals surface area contributed by atoms with E-state index in [0.29, 0.717) is 28.4 Å². The second-order valence-corrected chi connectivity index (χ2v) is 7.46. The quantitative estimate of drug-likeness (QED) is 0.221. The fourth-order valence-corrected chi connectivity index (χ4v) is 3.15. The molecule has 0 bridgehead atoms. The number of nitrogens with one attached hydrogen (secondary N) is 2. The molecule has 2 aromatic carbocycles. The van der Waals surface area contributed by atoms with E-state index in [4.69, 9.17) is 30.4 Å². The molecule has 12 nitrogen and oxygen atoms in total. The summed E-state index contributed by atoms with van der Waals surface area (Å²) in [5, 5.41) is 23.7. The highest BCUT2D eigenvalue weighted by Gasteiger charge is 2.22. The minimum atomic E-state index is -1.22. The van der Waals surface area contributed by atoms with Gasteiger partial charge in [-0.05, 0) is 29.8 Å². The molecule has 0 saturated carbocycles. The van der Waals surface area contributed by atoms with E-state index in [1.807, 2.05) is 0 Å². The smallest absolute Gasteiger partial charge is 0.243 e. The van der Waals surface area contributed by atoms with Crippen molar-refractivity contribution in [3.63, 3.8) is 0 Å². The van der Waals surface area contributed by atoms with Crippen molar-refractivity contribution in [2.75, 3.05) is 52.3 Å². The van der Waals surface area contributed by atoms with Crippen LogP contribution in [0.1, 0.15) is 11.1 Å². The van der Waals surface area contributed by atoms with Gasteiger partial charge in [0, 0.05) is 5.56 Å². The molecule has 36 heavy (non-hydrogen) atoms. The Kier molecular flexibility index (Phi) is 10.5. The van der Waals surface area contributed by atoms with Crippen molar-refractivity contribution in [1.82, 2.24) is 0 Å². The predicted molar refractivity (Wildman–Crippen MR) is 135 cm³/mol. The standard InChI is InChI=1S/C24H32N4O8/c1-33-17-8-7-14(6-5-13-9-18(34-2)22(36-4)19(10-13)35-3)20(27-23(31)15(25)11-29)21(17)28-24(32)16(26)12-30/h5-10,15-16,29-30H,11-12,25-26H2,1-4H3,(H,27,31)(H,28,32)/b6-5-/t15-,16-/m0/s1. The third kappa shape index (κ3) is 6.64. The van der Waals surface area contributed by atoms with Gasteiger partial charge in [-0.1, -0.05) is 12.2 Å². The minimum absolute atomic E-state index is 0.0944. The average molecular weight is 505 g/mol. The number of rotatable bonds is 12. The third-order valence-electron chi connectivity index (χ3n) is 5.12. The maximum atomic E-state index is 12.5. The van der Waals surface area contributed by atoms with Crippen molar-refractivity contribution in [3.8, 4) is 23.0 Å². The van der Waals surface area contributed by atoms with E-state index in [9.17, 15) is 19.8 Å². The van der Waals surface area contributed by atoms with Crippen LogP contribution in [0.25, 0.3) is 12.2 Å². The second kappa shape index (κ2) is 13.3. The van der Waals surface area contributed by atoms with Crippen LogP contribution >= 0.6 is 0 Å². The van der Waals surface area contributed by atoms with E-state index < -0.39 is 37.1 Å². The molecule has 0 saturated heterocycles. The largest absolute Gasteiger partial charge is 0.494 e. The van der Waals surface area contributed by atoms with Crippen LogP contribution < -0.4 is 41.0 Å². The third-order valence-corrected chi connectivity index (χ3v) is 5.12. The monoisotopic (exact) mass is 504 g/mol. The number of ether oxygens (including phenoxy) is 4. The Morgan fingerprint density at radius 2 is 1.31 bits per heavy atom. The van der Waals surface area contributed by atoms with Crippen molar-refractivity contribution in [1.29, 1.82) is 0 Å². The van der Waals surface area contributed by atoms with Crippen LogP contribution in [0.5, 0.6) is 23.0 Å². The van der Waals surface area contributed by atoms with E-state index in [0.717, 1.165) is 0 Å². The van der Waals surface area contributed by atoms with Gasteiger partial charge in [0.15, 0.2) is 11.5 Å². The molecular weight excluding hydrogens is 472 g/mol. The van der Waals surface area contributed by atoms with Crippen LogP contribution in [0, 0.1) is 0 Å². The maximum absolute atomic E-state index is 12.5. The van der Waals surface area contributed by atoms with Crippen LogP contribution in [0.15, 0.2) is 24.3 Å². The van der Waals surface area contributed by atoms with Crippen molar-refractivity contribution >= 4 is 35.3 Å². The molecule has 8 N–H and O–H groups in total. The summed E-state index contributed by atoms with van der Waals surface area (Å²) in [5.74, 6) is 0.127. The van der Waals surface area contributed by atoms with Crippen molar-refractivity contribution < 1.29 is 38.7 Å². The Morgan fingerprint density at radius 1 is 0.806 bits per heavy atom. The van der Waals surface area contributed by atoms with Gasteiger partial charge in [-0.25, -0.2) is 0 Å². The molecule has 0 aliphatic rings. The van der Waals surface area contributed by atoms with Gasteiger partial charge in [0.1, 0.15) is 23.5 Å². The van der Waals surface area contributed by atoms with E-state index in [2.05, 4.69) is 10.6 Å². The highest BCUT2D eigenvalue weighted by molar-refractivity contribution is 6.06. The summed E-state index contributed by atoms with van der Waals surface area (Å²) in [6.07, 6.45) is 3.39. The van der Waals surface area contributed by atoms with Gasteiger partial charge in [-0.3, -0.25) is 9.59 Å². The number of hydrogen-bond acceptors (Lipinski definition) is 10. The second-order valence-electron chi connectivity index (χ2n) is 7.46. The van der Waals surface area contributed by atoms with E-state index >= 15 is 0 Å². The van der Waals surface area contributed by atoms with Crippen molar-refractivity contribution in [2.24, 2.45) is 11.5 Å². The molecule has 0 radical (unpaired) electrons. The molecule has 0 unspecified atom stereocenters. The molecule has 196 valence electrons. The van der Waals surface area contributed by atoms with Gasteiger partial charge >= 0.3 is 0 Å². The summed E-state index contributed by atoms with van der Waals surface area (Å²) in [6.45, 7) is -1.19. The number of amides is 2. The number of aliphatic hydroxyl groups is 2. The van der Waals surface area contributed by atoms with Crippen molar-refractivity contribution in [3.05, 3.63) is 35.4 Å². The van der Waals surface area contributed by atoms with Crippen LogP contribution in [0.3, 0.4) is 0 Å². The molecule has 12 heteroatoms. The van der Waals surface area contributed by atoms with E-state index in [1.54, 1.807) is 36.4 Å². The topological polar surface area (TPSA) is 188 Å². The number of anilines is 2. The van der Waals surface area contributed by atoms with Gasteiger partial charge < -0.3 is 51.3 Å². The average Bonchev–Trinajstić information content (AvgIpc) is 2.90. The van der Waals surface area contributed by atoms with E-state index in [-0.39, 0.29) is 17.1 Å². The van der Waals surface area contributed by atoms with Gasteiger partial charge in [-0.15, -0.1) is 0 Å². The maximum Gasteiger partial charge on any atom is 0.243 e. The number of nitrogens with two attached hydrogens (primary N) is 2. The molecular formula is C24H32N4O8. The Bertz CT molecular complexity index is 1080. The zero-order chi connectivity index (χ0) is 26.8. The van der Waals surface area contributed by atoms with Gasteiger partial charge in [0.2, 0.25) is 17.6 Å². The summed E-state index contributed by atoms with van der Waals surface area (Å²) in [6, 6.07) is 4.25. The van der Waals surface area contributed by atoms with Crippen molar-refractivity contribution in [2.45, 2.75) is 12.1 Å². The summed E-state index contributed by atoms with van der Waals surface area (Å²) < 4.78 is 21.5. The molecule has 0 aliphatic carbocycles. The zero-order valence-corrected chi connectivity index (χ0v) is 20.5. The first-order valence-electron chi connectivity index (χ1n) is 10.8. The first kappa shape index (κ1) is 28.4. The zero-order valence-electron chi connectivity index (χ0n) is 20.5. The Hall–Kier alpha value is -3.84. The number of hydrogen-bond donors (Lipinski definition) is 6. The lowest BCUT2D eigenvalue weighted by Crippen LogP contribution is -2.40. The lowest BCUT2D eigenvalue weighted by molar-refractivity contribution is -0.119. The summed E-state index contributed by atoms with van der Waals surface area (Å²) >= 11 is 0. The summed E-state index contributed by atoms with van der Waals surface area (Å²) in [5.41, 5.74) is 12.7. The Morgan fingerprint density at radius 3 is 1.75 bits per heavy atom. The van der Waals surface area contributed by atoms with Crippen LogP contribution in [-0.4, -0.2) is 75.8 Å². The van der Waals surface area contributed by atoms with Crippen LogP contribution in [-0.2, 0) is 9.59 Å². The van der Waals surface area contributed by atoms with Gasteiger partial charge in [0.25, 0.3) is 0 Å². The van der Waals surface area contributed by atoms with E-state index in [1.165, 1.54) is 28.4 Å². The Labute approximate surface area is 208 Å². The molecule has 0 heterocycles. The molecule has 2 amide bonds. The highest BCUT2D eigenvalue weighted by atomic mass is 16.5. The lowest BCUT2D eigenvalue weighted by Gasteiger charge is -2.20. The normalized spacial score (nSPS) is 12.6. The SMILES string of the molecule is COc1ccc(/C=C\c2cc(OC)c(OC)c(OC)c2)c(NC(=O)[C@@H](N)CO)c1NC(=O)[C@@H](N)CO. The summed E-state index contributed by atoms with van der Waals surface area (Å²) in [4.78, 5) is 25.0. The predicted octanol–water partition coefficient (Wildman–Crippen LogP) is 0.408. The first-order chi connectivity index (χ1) is 17.2. The minimum Gasteiger partial charge on any atom is -0.494 e. The number of methoxy groups -OCH3 is 4. The molecule has 0 fully saturated rings. The number of carbonyl (C=O) groups is 2. The number of aliphatic hydroxyl groups excluding tert-OH is 2. The molecule has 0 aliphatic heterocycles. The molecule has 2 rings (SSSR count). The molecule has 2 atom stereocenters. The Balaban J connectivity index is 2.63. The van der Waals surface area contributed by atoms with Gasteiger partial charge in [-0.2, -0.15) is 0 Å². The lowest BCUT2D eigenvalue weighted by atomic mass is 10.1. The summed E-state index contributed by atoms with van der Waals surface area (Å²) in [7, 11) is 5.88. The van der Waals surface area contributed by atoms with Crippen LogP contribution in [0.2, 0.25) is 0 Å². The molecule has 0 aromatic heterocycles.